The van der Waals surface area contributed by atoms with E-state index in [1.54, 1.807) is 0 Å². The third-order valence-electron chi connectivity index (χ3n) is 12.1. The van der Waals surface area contributed by atoms with Gasteiger partial charge < -0.3 is 13.7 Å². The zero-order valence-corrected chi connectivity index (χ0v) is 33.1. The van der Waals surface area contributed by atoms with Crippen LogP contribution in [0.1, 0.15) is 0 Å². The SMILES string of the molecule is c1ccc(-c2ccc(N(c3cccc(-c4ccccc4)c3)c3cccc4oc5c6ccccc6c(-c6ccc(-c7ccc8oc9ccccc9c8c7)cc6)cc5c34)cc2)cc1. The Balaban J connectivity index is 1.03. The molecule has 0 aliphatic carbocycles. The number of fused-ring (bicyclic) bond motifs is 8. The van der Waals surface area contributed by atoms with E-state index in [4.69, 9.17) is 8.83 Å². The van der Waals surface area contributed by atoms with E-state index in [1.165, 1.54) is 16.7 Å². The minimum absolute atomic E-state index is 0.845. The normalized spacial score (nSPS) is 11.6. The van der Waals surface area contributed by atoms with E-state index in [2.05, 4.69) is 217 Å². The van der Waals surface area contributed by atoms with Crippen molar-refractivity contribution in [2.75, 3.05) is 4.90 Å². The molecule has 10 aromatic carbocycles. The smallest absolute Gasteiger partial charge is 0.143 e. The quantitative estimate of drug-likeness (QED) is 0.161. The Bertz CT molecular complexity index is 3560. The second-order valence-corrected chi connectivity index (χ2v) is 15.6. The summed E-state index contributed by atoms with van der Waals surface area (Å²) < 4.78 is 13.0. The van der Waals surface area contributed by atoms with Crippen molar-refractivity contribution in [3.05, 3.63) is 224 Å². The van der Waals surface area contributed by atoms with Gasteiger partial charge in [-0.2, -0.15) is 0 Å². The van der Waals surface area contributed by atoms with Crippen LogP contribution in [0.3, 0.4) is 0 Å². The van der Waals surface area contributed by atoms with Crippen molar-refractivity contribution in [3.8, 4) is 44.5 Å². The molecule has 2 heterocycles. The van der Waals surface area contributed by atoms with E-state index >= 15 is 0 Å². The van der Waals surface area contributed by atoms with Crippen molar-refractivity contribution in [1.82, 2.24) is 0 Å². The third kappa shape index (κ3) is 5.98. The van der Waals surface area contributed by atoms with E-state index in [-0.39, 0.29) is 0 Å². The van der Waals surface area contributed by atoms with Crippen LogP contribution >= 0.6 is 0 Å². The minimum Gasteiger partial charge on any atom is -0.456 e. The number of para-hydroxylation sites is 1. The highest BCUT2D eigenvalue weighted by Gasteiger charge is 2.22. The number of benzene rings is 10. The molecule has 0 bridgehead atoms. The van der Waals surface area contributed by atoms with Crippen molar-refractivity contribution in [1.29, 1.82) is 0 Å². The maximum atomic E-state index is 6.89. The summed E-state index contributed by atoms with van der Waals surface area (Å²) in [5, 5.41) is 6.64. The zero-order valence-electron chi connectivity index (χ0n) is 33.1. The van der Waals surface area contributed by atoms with Gasteiger partial charge in [-0.3, -0.25) is 0 Å². The summed E-state index contributed by atoms with van der Waals surface area (Å²) in [5.74, 6) is 0. The van der Waals surface area contributed by atoms with Crippen LogP contribution in [0, 0.1) is 0 Å². The van der Waals surface area contributed by atoms with Gasteiger partial charge in [0.2, 0.25) is 0 Å². The Morgan fingerprint density at radius 3 is 1.61 bits per heavy atom. The van der Waals surface area contributed by atoms with Gasteiger partial charge in [0.05, 0.1) is 11.1 Å². The molecule has 12 aromatic rings. The molecule has 0 amide bonds. The third-order valence-corrected chi connectivity index (χ3v) is 12.1. The highest BCUT2D eigenvalue weighted by molar-refractivity contribution is 6.22. The lowest BCUT2D eigenvalue weighted by Crippen LogP contribution is -2.10. The van der Waals surface area contributed by atoms with Crippen LogP contribution < -0.4 is 4.90 Å². The maximum Gasteiger partial charge on any atom is 0.143 e. The average molecular weight is 780 g/mol. The monoisotopic (exact) mass is 779 g/mol. The van der Waals surface area contributed by atoms with Crippen LogP contribution in [0.15, 0.2) is 233 Å². The molecule has 0 aliphatic rings. The summed E-state index contributed by atoms with van der Waals surface area (Å²) in [6.07, 6.45) is 0. The fraction of sp³-hybridized carbons (Fsp3) is 0. The molecule has 0 unspecified atom stereocenters. The molecule has 0 atom stereocenters. The molecule has 3 heteroatoms. The van der Waals surface area contributed by atoms with E-state index in [0.717, 1.165) is 99.5 Å². The predicted octanol–water partition coefficient (Wildman–Crippen LogP) is 16.8. The molecule has 61 heavy (non-hydrogen) atoms. The number of anilines is 3. The second kappa shape index (κ2) is 14.3. The lowest BCUT2D eigenvalue weighted by molar-refractivity contribution is 0.669. The van der Waals surface area contributed by atoms with Gasteiger partial charge in [-0.25, -0.2) is 0 Å². The van der Waals surface area contributed by atoms with Gasteiger partial charge in [0.25, 0.3) is 0 Å². The first-order valence-electron chi connectivity index (χ1n) is 20.7. The lowest BCUT2D eigenvalue weighted by Gasteiger charge is -2.27. The molecule has 2 aromatic heterocycles. The van der Waals surface area contributed by atoms with Gasteiger partial charge in [0, 0.05) is 32.9 Å². The van der Waals surface area contributed by atoms with Crippen molar-refractivity contribution in [2.24, 2.45) is 0 Å². The maximum absolute atomic E-state index is 6.89. The molecule has 12 rings (SSSR count). The summed E-state index contributed by atoms with van der Waals surface area (Å²) in [4.78, 5) is 2.38. The van der Waals surface area contributed by atoms with E-state index in [0.29, 0.717) is 0 Å². The first-order chi connectivity index (χ1) is 30.2. The highest BCUT2D eigenvalue weighted by Crippen LogP contribution is 2.47. The van der Waals surface area contributed by atoms with Crippen molar-refractivity contribution in [2.45, 2.75) is 0 Å². The number of furan rings is 2. The second-order valence-electron chi connectivity index (χ2n) is 15.6. The van der Waals surface area contributed by atoms with E-state index in [1.807, 2.05) is 12.1 Å². The van der Waals surface area contributed by atoms with Gasteiger partial charge >= 0.3 is 0 Å². The Hall–Kier alpha value is -8.14. The van der Waals surface area contributed by atoms with Gasteiger partial charge in [-0.1, -0.05) is 164 Å². The van der Waals surface area contributed by atoms with E-state index < -0.39 is 0 Å². The Labute approximate surface area is 353 Å². The molecule has 0 N–H and O–H groups in total. The molecule has 0 saturated heterocycles. The van der Waals surface area contributed by atoms with Crippen LogP contribution in [0.2, 0.25) is 0 Å². The molecule has 0 saturated carbocycles. The van der Waals surface area contributed by atoms with Gasteiger partial charge in [-0.15, -0.1) is 0 Å². The average Bonchev–Trinajstić information content (AvgIpc) is 3.91. The lowest BCUT2D eigenvalue weighted by atomic mass is 9.93. The summed E-state index contributed by atoms with van der Waals surface area (Å²) in [7, 11) is 0. The largest absolute Gasteiger partial charge is 0.456 e. The fourth-order valence-electron chi connectivity index (χ4n) is 9.12. The molecule has 0 spiro atoms. The zero-order chi connectivity index (χ0) is 40.3. The molecular formula is C58H37NO2. The fourth-order valence-corrected chi connectivity index (χ4v) is 9.12. The Morgan fingerprint density at radius 2 is 0.820 bits per heavy atom. The number of hydrogen-bond donors (Lipinski definition) is 0. The summed E-state index contributed by atoms with van der Waals surface area (Å²) in [6, 6.07) is 79.9. The standard InChI is InChI=1S/C58H37NO2/c1-3-13-38(14-4-1)40-29-32-45(33-30-40)59(46-18-11-17-43(35-46)39-15-5-2-6-16-39)53-22-12-24-56-57(53)52-37-50(47-19-7-8-21-49(47)58(52)61-56)42-27-25-41(26-28-42)44-31-34-55-51(36-44)48-20-9-10-23-54(48)60-55/h1-37H. The Morgan fingerprint density at radius 1 is 0.279 bits per heavy atom. The van der Waals surface area contributed by atoms with Crippen LogP contribution in [0.5, 0.6) is 0 Å². The number of hydrogen-bond acceptors (Lipinski definition) is 3. The highest BCUT2D eigenvalue weighted by atomic mass is 16.3. The molecule has 3 nitrogen and oxygen atoms in total. The summed E-state index contributed by atoms with van der Waals surface area (Å²) in [6.45, 7) is 0. The molecule has 286 valence electrons. The topological polar surface area (TPSA) is 29.5 Å². The van der Waals surface area contributed by atoms with Crippen molar-refractivity contribution < 1.29 is 8.83 Å². The number of rotatable bonds is 7. The van der Waals surface area contributed by atoms with Crippen LogP contribution in [-0.2, 0) is 0 Å². The number of nitrogens with zero attached hydrogens (tertiary/aromatic N) is 1. The van der Waals surface area contributed by atoms with Crippen LogP contribution in [0.25, 0.3) is 99.2 Å². The minimum atomic E-state index is 0.845. The first kappa shape index (κ1) is 34.9. The predicted molar refractivity (Wildman–Crippen MR) is 255 cm³/mol. The molecule has 0 aliphatic heterocycles. The van der Waals surface area contributed by atoms with Gasteiger partial charge in [0.15, 0.2) is 0 Å². The van der Waals surface area contributed by atoms with Gasteiger partial charge in [-0.05, 0) is 111 Å². The molecule has 0 fully saturated rings. The van der Waals surface area contributed by atoms with E-state index in [9.17, 15) is 0 Å². The summed E-state index contributed by atoms with van der Waals surface area (Å²) >= 11 is 0. The Kier molecular flexibility index (Phi) is 8.17. The summed E-state index contributed by atoms with van der Waals surface area (Å²) in [5.41, 5.74) is 16.0. The van der Waals surface area contributed by atoms with Gasteiger partial charge in [0.1, 0.15) is 22.3 Å². The van der Waals surface area contributed by atoms with Crippen molar-refractivity contribution in [3.63, 3.8) is 0 Å². The van der Waals surface area contributed by atoms with Crippen LogP contribution in [0.4, 0.5) is 17.1 Å². The molecular weight excluding hydrogens is 743 g/mol. The molecule has 0 radical (unpaired) electrons. The van der Waals surface area contributed by atoms with Crippen molar-refractivity contribution >= 4 is 71.7 Å². The van der Waals surface area contributed by atoms with Crippen LogP contribution in [-0.4, -0.2) is 0 Å². The first-order valence-corrected chi connectivity index (χ1v) is 20.7.